The molecular formula is C54H72N14O8S2. The van der Waals surface area contributed by atoms with E-state index < -0.39 is 82.3 Å². The first-order valence-electron chi connectivity index (χ1n) is 25.9. The first-order valence-corrected chi connectivity index (χ1v) is 27.5. The predicted molar refractivity (Wildman–Crippen MR) is 291 cm³/mol. The van der Waals surface area contributed by atoms with E-state index in [0.717, 1.165) is 9.79 Å². The summed E-state index contributed by atoms with van der Waals surface area (Å²) in [5.41, 5.74) is -2.70. The smallest absolute Gasteiger partial charge is 0.408 e. The molecule has 0 aliphatic carbocycles. The van der Waals surface area contributed by atoms with Crippen molar-refractivity contribution in [2.24, 2.45) is 10.8 Å². The third-order valence-corrected chi connectivity index (χ3v) is 14.6. The highest BCUT2D eigenvalue weighted by Gasteiger charge is 2.46. The van der Waals surface area contributed by atoms with Crippen LogP contribution in [0.4, 0.5) is 9.59 Å². The Morgan fingerprint density at radius 3 is 1.27 bits per heavy atom. The molecule has 0 saturated carbocycles. The van der Waals surface area contributed by atoms with E-state index in [1.54, 1.807) is 78.9 Å². The summed E-state index contributed by atoms with van der Waals surface area (Å²) in [6.07, 6.45) is -0.845. The molecule has 22 nitrogen and oxygen atoms in total. The van der Waals surface area contributed by atoms with E-state index in [0.29, 0.717) is 23.2 Å². The van der Waals surface area contributed by atoms with E-state index >= 15 is 0 Å². The molecule has 6 amide bonds. The Hall–Kier alpha value is -7.08. The first kappa shape index (κ1) is 58.6. The van der Waals surface area contributed by atoms with Crippen molar-refractivity contribution in [1.82, 2.24) is 71.5 Å². The van der Waals surface area contributed by atoms with E-state index in [4.69, 9.17) is 9.47 Å². The van der Waals surface area contributed by atoms with Crippen LogP contribution in [-0.4, -0.2) is 147 Å². The number of benzene rings is 3. The Morgan fingerprint density at radius 2 is 0.923 bits per heavy atom. The number of likely N-dealkylation sites (tertiary alicyclic amines) is 2. The summed E-state index contributed by atoms with van der Waals surface area (Å²) in [6, 6.07) is 21.4. The summed E-state index contributed by atoms with van der Waals surface area (Å²) < 4.78 is 14.4. The summed E-state index contributed by atoms with van der Waals surface area (Å²) in [4.78, 5) is 89.5. The third kappa shape index (κ3) is 16.0. The van der Waals surface area contributed by atoms with Crippen molar-refractivity contribution in [3.05, 3.63) is 96.1 Å². The number of nitrogens with zero attached hydrogens (tertiary/aromatic N) is 10. The summed E-state index contributed by atoms with van der Waals surface area (Å²) in [6.45, 7) is 22.1. The molecule has 0 spiro atoms. The zero-order chi connectivity index (χ0) is 56.7. The monoisotopic (exact) mass is 1110 g/mol. The van der Waals surface area contributed by atoms with Gasteiger partial charge in [-0.1, -0.05) is 84.0 Å². The van der Waals surface area contributed by atoms with Crippen molar-refractivity contribution >= 4 is 59.3 Å². The van der Waals surface area contributed by atoms with E-state index in [1.165, 1.54) is 29.6 Å². The van der Waals surface area contributed by atoms with Crippen molar-refractivity contribution in [3.63, 3.8) is 0 Å². The lowest BCUT2D eigenvalue weighted by atomic mass is 9.85. The van der Waals surface area contributed by atoms with Gasteiger partial charge < -0.3 is 40.5 Å². The van der Waals surface area contributed by atoms with Gasteiger partial charge in [-0.2, -0.15) is 0 Å². The number of alkyl carbamates (subject to hydrolysis) is 2. The second kappa shape index (κ2) is 24.3. The normalized spacial score (nSPS) is 18.7. The number of tetrazole rings is 2. The number of amides is 6. The average Bonchev–Trinajstić information content (AvgIpc) is 4.20. The number of ether oxygens (including phenoxy) is 2. The maximum Gasteiger partial charge on any atom is 0.408 e. The standard InChI is InChI=1S/C54H72N14O8S2/c1-51(2,3)41(57-49(73)75-53(7,8)9)45(71)65-29-35(27-37(65)31-67-47(59-61-63-67)77-39-22-15-13-16-23-39)55-43(69)33-20-19-21-34(26-33)44(70)56-36-28-38(32-68-48(60-62-64-68)78-40-24-17-14-18-25-40)66(30-36)46(72)42(52(4,5)6)58-50(74)76-54(10,11)12/h13-26,35-38,41-42H,27-32H2,1-12H3,(H,55,69)(H,56,70)(H,57,73)(H,58,74)/t35-,36-,37-,38-,41+,42?/m0/s1. The Kier molecular flexibility index (Phi) is 18.3. The van der Waals surface area contributed by atoms with Crippen LogP contribution in [0.3, 0.4) is 0 Å². The highest BCUT2D eigenvalue weighted by molar-refractivity contribution is 7.99. The minimum absolute atomic E-state index is 0.0970. The molecule has 2 fully saturated rings. The van der Waals surface area contributed by atoms with Crippen LogP contribution in [0.5, 0.6) is 0 Å². The van der Waals surface area contributed by atoms with Crippen molar-refractivity contribution in [1.29, 1.82) is 0 Å². The quantitative estimate of drug-likeness (QED) is 0.0807. The van der Waals surface area contributed by atoms with Gasteiger partial charge in [-0.3, -0.25) is 19.2 Å². The molecule has 0 radical (unpaired) electrons. The van der Waals surface area contributed by atoms with Gasteiger partial charge in [-0.15, -0.1) is 10.2 Å². The molecule has 418 valence electrons. The number of aromatic nitrogens is 8. The van der Waals surface area contributed by atoms with Gasteiger partial charge in [-0.25, -0.2) is 19.0 Å². The number of hydrogen-bond donors (Lipinski definition) is 4. The molecule has 2 aliphatic heterocycles. The van der Waals surface area contributed by atoms with Gasteiger partial charge in [-0.05, 0) is 152 Å². The number of rotatable bonds is 16. The van der Waals surface area contributed by atoms with Crippen molar-refractivity contribution in [2.45, 2.75) is 177 Å². The summed E-state index contributed by atoms with van der Waals surface area (Å²) in [5, 5.41) is 37.8. The highest BCUT2D eigenvalue weighted by atomic mass is 32.2. The van der Waals surface area contributed by atoms with Crippen LogP contribution in [0.1, 0.15) is 117 Å². The topological polar surface area (TPSA) is 263 Å². The van der Waals surface area contributed by atoms with Gasteiger partial charge in [0.2, 0.25) is 22.1 Å². The SMILES string of the molecule is CC(C)(C)OC(=O)NC(C(=O)N1C[C@@H](NC(=O)c2cccc(C(=O)N[C@H]3C[C@@H](Cn4nnnc4Sc4ccccc4)N(C(=O)[C@@H](NC(=O)OC(C)(C)C)C(C)(C)C)C3)c2)C[C@H]1Cn1nnnc1Sc1ccccc1)C(C)(C)C. The average molecular weight is 1110 g/mol. The molecule has 0 bridgehead atoms. The van der Waals surface area contributed by atoms with Crippen LogP contribution in [0, 0.1) is 10.8 Å². The molecule has 6 atom stereocenters. The molecule has 3 aromatic carbocycles. The van der Waals surface area contributed by atoms with Gasteiger partial charge in [0.15, 0.2) is 0 Å². The Labute approximate surface area is 463 Å². The lowest BCUT2D eigenvalue weighted by molar-refractivity contribution is -0.138. The largest absolute Gasteiger partial charge is 0.444 e. The van der Waals surface area contributed by atoms with Gasteiger partial charge in [0.05, 0.1) is 25.2 Å². The van der Waals surface area contributed by atoms with Crippen LogP contribution in [-0.2, 0) is 32.2 Å². The molecule has 4 heterocycles. The van der Waals surface area contributed by atoms with Gasteiger partial charge in [0.25, 0.3) is 11.8 Å². The molecular weight excluding hydrogens is 1040 g/mol. The van der Waals surface area contributed by atoms with E-state index in [1.807, 2.05) is 102 Å². The number of carbonyl (C=O) groups is 6. The maximum absolute atomic E-state index is 14.8. The van der Waals surface area contributed by atoms with Crippen molar-refractivity contribution in [2.75, 3.05) is 13.1 Å². The van der Waals surface area contributed by atoms with Gasteiger partial charge >= 0.3 is 12.2 Å². The van der Waals surface area contributed by atoms with Gasteiger partial charge in [0, 0.05) is 46.1 Å². The van der Waals surface area contributed by atoms with Crippen molar-refractivity contribution < 1.29 is 38.2 Å². The molecule has 2 aromatic heterocycles. The maximum atomic E-state index is 14.8. The summed E-state index contributed by atoms with van der Waals surface area (Å²) >= 11 is 2.74. The minimum Gasteiger partial charge on any atom is -0.444 e. The zero-order valence-corrected chi connectivity index (χ0v) is 48.0. The molecule has 5 aromatic rings. The third-order valence-electron chi connectivity index (χ3n) is 12.7. The second-order valence-corrected chi connectivity index (χ2v) is 25.8. The lowest BCUT2D eigenvalue weighted by Gasteiger charge is -2.36. The summed E-state index contributed by atoms with van der Waals surface area (Å²) in [5.74, 6) is -1.69. The van der Waals surface area contributed by atoms with Gasteiger partial charge in [0.1, 0.15) is 23.3 Å². The lowest BCUT2D eigenvalue weighted by Crippen LogP contribution is -2.57. The number of nitrogens with one attached hydrogen (secondary N) is 4. The number of carbonyl (C=O) groups excluding carboxylic acids is 6. The van der Waals surface area contributed by atoms with Crippen molar-refractivity contribution in [3.8, 4) is 0 Å². The fraction of sp³-hybridized carbons (Fsp3) is 0.519. The summed E-state index contributed by atoms with van der Waals surface area (Å²) in [7, 11) is 0. The molecule has 7 rings (SSSR count). The Balaban J connectivity index is 1.09. The Morgan fingerprint density at radius 1 is 0.551 bits per heavy atom. The van der Waals surface area contributed by atoms with E-state index in [-0.39, 0.29) is 49.1 Å². The van der Waals surface area contributed by atoms with Crippen LogP contribution in [0.25, 0.3) is 0 Å². The van der Waals surface area contributed by atoms with Crippen LogP contribution >= 0.6 is 23.5 Å². The molecule has 1 unspecified atom stereocenters. The van der Waals surface area contributed by atoms with Crippen LogP contribution < -0.4 is 21.3 Å². The number of hydrogen-bond acceptors (Lipinski definition) is 16. The fourth-order valence-electron chi connectivity index (χ4n) is 9.10. The van der Waals surface area contributed by atoms with Crippen LogP contribution in [0.15, 0.2) is 105 Å². The predicted octanol–water partition coefficient (Wildman–Crippen LogP) is 6.64. The Bertz CT molecular complexity index is 2720. The molecule has 2 saturated heterocycles. The highest BCUT2D eigenvalue weighted by Crippen LogP contribution is 2.32. The molecule has 2 aliphatic rings. The van der Waals surface area contributed by atoms with Crippen LogP contribution in [0.2, 0.25) is 0 Å². The first-order chi connectivity index (χ1) is 36.6. The molecule has 4 N–H and O–H groups in total. The minimum atomic E-state index is -1.00. The zero-order valence-electron chi connectivity index (χ0n) is 46.3. The fourth-order valence-corrected chi connectivity index (χ4v) is 10.7. The second-order valence-electron chi connectivity index (χ2n) is 23.7. The van der Waals surface area contributed by atoms with E-state index in [9.17, 15) is 28.8 Å². The molecule has 24 heteroatoms. The molecule has 78 heavy (non-hydrogen) atoms. The van der Waals surface area contributed by atoms with E-state index in [2.05, 4.69) is 52.3 Å².